The molecule has 23 heavy (non-hydrogen) atoms. The van der Waals surface area contributed by atoms with Crippen molar-refractivity contribution in [2.75, 3.05) is 13.1 Å². The molecule has 0 unspecified atom stereocenters. The number of piperidine rings is 1. The van der Waals surface area contributed by atoms with E-state index in [0.29, 0.717) is 19.6 Å². The molecule has 0 radical (unpaired) electrons. The zero-order chi connectivity index (χ0) is 16.4. The minimum absolute atomic E-state index is 0.120. The van der Waals surface area contributed by atoms with E-state index in [2.05, 4.69) is 5.10 Å². The van der Waals surface area contributed by atoms with Gasteiger partial charge in [-0.3, -0.25) is 0 Å². The van der Waals surface area contributed by atoms with Crippen molar-refractivity contribution in [3.8, 4) is 0 Å². The molecular formula is C15H22N4O3S. The van der Waals surface area contributed by atoms with Gasteiger partial charge in [-0.15, -0.1) is 5.10 Å². The zero-order valence-electron chi connectivity index (χ0n) is 13.3. The van der Waals surface area contributed by atoms with Gasteiger partial charge in [0, 0.05) is 25.8 Å². The van der Waals surface area contributed by atoms with Gasteiger partial charge in [0.25, 0.3) is 0 Å². The summed E-state index contributed by atoms with van der Waals surface area (Å²) in [5.41, 5.74) is -0.0664. The molecule has 0 aromatic carbocycles. The van der Waals surface area contributed by atoms with E-state index >= 15 is 0 Å². The molecule has 1 aliphatic heterocycles. The van der Waals surface area contributed by atoms with Crippen molar-refractivity contribution < 1.29 is 8.42 Å². The van der Waals surface area contributed by atoms with E-state index in [-0.39, 0.29) is 16.2 Å². The van der Waals surface area contributed by atoms with Crippen LogP contribution in [0.1, 0.15) is 39.0 Å². The first-order chi connectivity index (χ1) is 11.1. The van der Waals surface area contributed by atoms with Crippen LogP contribution in [0.15, 0.2) is 28.0 Å². The van der Waals surface area contributed by atoms with E-state index in [1.165, 1.54) is 19.5 Å². The number of aromatic nitrogens is 3. The highest BCUT2D eigenvalue weighted by Crippen LogP contribution is 2.22. The van der Waals surface area contributed by atoms with Gasteiger partial charge in [-0.2, -0.15) is 4.31 Å². The van der Waals surface area contributed by atoms with Crippen molar-refractivity contribution in [3.63, 3.8) is 0 Å². The van der Waals surface area contributed by atoms with Crippen molar-refractivity contribution in [1.29, 1.82) is 0 Å². The van der Waals surface area contributed by atoms with E-state index < -0.39 is 10.0 Å². The van der Waals surface area contributed by atoms with Crippen molar-refractivity contribution in [1.82, 2.24) is 18.5 Å². The van der Waals surface area contributed by atoms with Crippen LogP contribution in [0, 0.1) is 0 Å². The van der Waals surface area contributed by atoms with Crippen molar-refractivity contribution in [2.24, 2.45) is 0 Å². The molecule has 1 saturated heterocycles. The van der Waals surface area contributed by atoms with Crippen LogP contribution in [0.4, 0.5) is 0 Å². The first-order valence-corrected chi connectivity index (χ1v) is 9.58. The van der Waals surface area contributed by atoms with Crippen LogP contribution < -0.4 is 5.69 Å². The molecular weight excluding hydrogens is 316 g/mol. The minimum Gasteiger partial charge on any atom is -0.249 e. The van der Waals surface area contributed by atoms with Gasteiger partial charge in [-0.25, -0.2) is 22.3 Å². The number of sulfonamides is 1. The second kappa shape index (κ2) is 6.45. The fourth-order valence-corrected chi connectivity index (χ4v) is 4.55. The van der Waals surface area contributed by atoms with Crippen molar-refractivity contribution in [2.45, 2.75) is 50.5 Å². The van der Waals surface area contributed by atoms with Gasteiger partial charge in [-0.1, -0.05) is 19.8 Å². The van der Waals surface area contributed by atoms with Gasteiger partial charge in [0.15, 0.2) is 5.65 Å². The number of nitrogens with zero attached hydrogens (tertiary/aromatic N) is 4. The second-order valence-electron chi connectivity index (χ2n) is 5.89. The molecule has 0 saturated carbocycles. The molecule has 1 aliphatic rings. The van der Waals surface area contributed by atoms with Gasteiger partial charge in [0.05, 0.1) is 0 Å². The highest BCUT2D eigenvalue weighted by atomic mass is 32.2. The normalized spacial score (nSPS) is 16.9. The monoisotopic (exact) mass is 338 g/mol. The number of hydrogen-bond donors (Lipinski definition) is 0. The van der Waals surface area contributed by atoms with Gasteiger partial charge in [0.2, 0.25) is 10.0 Å². The first kappa shape index (κ1) is 16.2. The van der Waals surface area contributed by atoms with Crippen LogP contribution in [-0.4, -0.2) is 40.0 Å². The predicted octanol–water partition coefficient (Wildman–Crippen LogP) is 1.47. The van der Waals surface area contributed by atoms with Gasteiger partial charge >= 0.3 is 5.69 Å². The minimum atomic E-state index is -3.61. The van der Waals surface area contributed by atoms with Gasteiger partial charge < -0.3 is 0 Å². The second-order valence-corrected chi connectivity index (χ2v) is 7.80. The molecule has 0 amide bonds. The summed E-state index contributed by atoms with van der Waals surface area (Å²) < 4.78 is 30.0. The van der Waals surface area contributed by atoms with Crippen LogP contribution in [0.25, 0.3) is 5.65 Å². The fourth-order valence-electron chi connectivity index (χ4n) is 2.91. The third-order valence-corrected chi connectivity index (χ3v) is 6.15. The molecule has 2 aromatic rings. The molecule has 1 fully saturated rings. The summed E-state index contributed by atoms with van der Waals surface area (Å²) in [6.07, 6.45) is 6.15. The predicted molar refractivity (Wildman–Crippen MR) is 87.0 cm³/mol. The Morgan fingerprint density at radius 2 is 1.96 bits per heavy atom. The first-order valence-electron chi connectivity index (χ1n) is 8.14. The molecule has 0 bridgehead atoms. The number of unbranched alkanes of at least 4 members (excludes halogenated alkanes) is 1. The molecule has 7 nitrogen and oxygen atoms in total. The Morgan fingerprint density at radius 3 is 2.65 bits per heavy atom. The van der Waals surface area contributed by atoms with Gasteiger partial charge in [0.1, 0.15) is 4.90 Å². The average molecular weight is 338 g/mol. The summed E-state index contributed by atoms with van der Waals surface area (Å²) in [5, 5.41) is 4.27. The maximum absolute atomic E-state index is 12.9. The fraction of sp³-hybridized carbons (Fsp3) is 0.600. The van der Waals surface area contributed by atoms with Crippen LogP contribution in [-0.2, 0) is 16.6 Å². The lowest BCUT2D eigenvalue weighted by Crippen LogP contribution is -2.35. The topological polar surface area (TPSA) is 76.7 Å². The number of hydrogen-bond acceptors (Lipinski definition) is 4. The third-order valence-electron chi connectivity index (χ3n) is 4.23. The van der Waals surface area contributed by atoms with Crippen LogP contribution in [0.2, 0.25) is 0 Å². The van der Waals surface area contributed by atoms with E-state index in [4.69, 9.17) is 0 Å². The molecule has 0 aliphatic carbocycles. The maximum Gasteiger partial charge on any atom is 0.350 e. The van der Waals surface area contributed by atoms with E-state index in [1.807, 2.05) is 6.92 Å². The average Bonchev–Trinajstić information content (AvgIpc) is 2.90. The lowest BCUT2D eigenvalue weighted by Gasteiger charge is -2.25. The lowest BCUT2D eigenvalue weighted by atomic mass is 10.2. The summed E-state index contributed by atoms with van der Waals surface area (Å²) in [6, 6.07) is 3.13. The number of rotatable bonds is 5. The Hall–Kier alpha value is -1.67. The molecule has 0 N–H and O–H groups in total. The molecule has 3 heterocycles. The highest BCUT2D eigenvalue weighted by Gasteiger charge is 2.29. The summed E-state index contributed by atoms with van der Waals surface area (Å²) in [5.74, 6) is 0. The maximum atomic E-state index is 12.9. The smallest absolute Gasteiger partial charge is 0.249 e. The Kier molecular flexibility index (Phi) is 4.54. The van der Waals surface area contributed by atoms with E-state index in [1.54, 1.807) is 12.3 Å². The van der Waals surface area contributed by atoms with E-state index in [9.17, 15) is 13.2 Å². The SMILES string of the molecule is CCCCn1nc2c(S(=O)(=O)N3CCCCC3)cccn2c1=O. The van der Waals surface area contributed by atoms with Crippen molar-refractivity contribution >= 4 is 15.7 Å². The molecule has 2 aromatic heterocycles. The molecule has 8 heteroatoms. The third kappa shape index (κ3) is 2.92. The molecule has 0 spiro atoms. The summed E-state index contributed by atoms with van der Waals surface area (Å²) in [7, 11) is -3.61. The quantitative estimate of drug-likeness (QED) is 0.827. The van der Waals surface area contributed by atoms with Crippen LogP contribution in [0.5, 0.6) is 0 Å². The Morgan fingerprint density at radius 1 is 1.22 bits per heavy atom. The molecule has 126 valence electrons. The van der Waals surface area contributed by atoms with Crippen LogP contribution >= 0.6 is 0 Å². The Labute approximate surface area is 135 Å². The highest BCUT2D eigenvalue weighted by molar-refractivity contribution is 7.89. The molecule has 3 rings (SSSR count). The van der Waals surface area contributed by atoms with Crippen LogP contribution in [0.3, 0.4) is 0 Å². The number of aryl methyl sites for hydroxylation is 1. The number of pyridine rings is 1. The molecule has 0 atom stereocenters. The zero-order valence-corrected chi connectivity index (χ0v) is 14.1. The van der Waals surface area contributed by atoms with E-state index in [0.717, 1.165) is 32.1 Å². The lowest BCUT2D eigenvalue weighted by molar-refractivity contribution is 0.347. The standard InChI is InChI=1S/C15H22N4O3S/c1-2-3-12-19-15(20)18-11-7-8-13(14(18)16-19)23(21,22)17-9-5-4-6-10-17/h7-8,11H,2-6,9-10,12H2,1H3. The van der Waals surface area contributed by atoms with Gasteiger partial charge in [-0.05, 0) is 31.4 Å². The van der Waals surface area contributed by atoms with Crippen molar-refractivity contribution in [3.05, 3.63) is 28.8 Å². The largest absolute Gasteiger partial charge is 0.350 e. The summed E-state index contributed by atoms with van der Waals surface area (Å²) in [6.45, 7) is 3.60. The number of fused-ring (bicyclic) bond motifs is 1. The summed E-state index contributed by atoms with van der Waals surface area (Å²) >= 11 is 0. The summed E-state index contributed by atoms with van der Waals surface area (Å²) in [4.78, 5) is 12.5. The Balaban J connectivity index is 2.09. The Bertz CT molecular complexity index is 847.